The van der Waals surface area contributed by atoms with Crippen LogP contribution in [-0.2, 0) is 20.7 Å². The van der Waals surface area contributed by atoms with E-state index in [0.717, 1.165) is 5.56 Å². The van der Waals surface area contributed by atoms with Gasteiger partial charge in [-0.05, 0) is 31.0 Å². The highest BCUT2D eigenvalue weighted by molar-refractivity contribution is 6.30. The predicted molar refractivity (Wildman–Crippen MR) is 75.1 cm³/mol. The van der Waals surface area contributed by atoms with Crippen molar-refractivity contribution in [2.45, 2.75) is 27.2 Å². The molecule has 1 unspecified atom stereocenters. The Bertz CT molecular complexity index is 454. The Hall–Kier alpha value is -1.35. The van der Waals surface area contributed by atoms with Crippen LogP contribution in [0.1, 0.15) is 26.3 Å². The molecule has 1 rings (SSSR count). The van der Waals surface area contributed by atoms with E-state index in [9.17, 15) is 9.59 Å². The number of esters is 1. The van der Waals surface area contributed by atoms with Crippen molar-refractivity contribution in [2.24, 2.45) is 11.8 Å². The highest BCUT2D eigenvalue weighted by Gasteiger charge is 2.29. The summed E-state index contributed by atoms with van der Waals surface area (Å²) in [5, 5.41) is 0.595. The summed E-state index contributed by atoms with van der Waals surface area (Å²) < 4.78 is 4.99. The molecule has 0 aliphatic carbocycles. The number of carbonyl (C=O) groups excluding carboxylic acids is 2. The van der Waals surface area contributed by atoms with Gasteiger partial charge in [-0.15, -0.1) is 0 Å². The average molecular weight is 283 g/mol. The molecule has 0 aromatic heterocycles. The largest absolute Gasteiger partial charge is 0.465 e. The summed E-state index contributed by atoms with van der Waals surface area (Å²) in [6.45, 7) is 5.57. The van der Waals surface area contributed by atoms with Gasteiger partial charge in [0.05, 0.1) is 6.61 Å². The number of hydrogen-bond acceptors (Lipinski definition) is 3. The first-order chi connectivity index (χ1) is 8.95. The first kappa shape index (κ1) is 15.7. The van der Waals surface area contributed by atoms with Crippen molar-refractivity contribution >= 4 is 23.4 Å². The number of ketones is 1. The fourth-order valence-corrected chi connectivity index (χ4v) is 2.06. The van der Waals surface area contributed by atoms with E-state index in [-0.39, 0.29) is 18.3 Å². The Morgan fingerprint density at radius 3 is 2.53 bits per heavy atom. The lowest BCUT2D eigenvalue weighted by molar-refractivity contribution is -0.152. The van der Waals surface area contributed by atoms with Crippen LogP contribution in [0.2, 0.25) is 5.02 Å². The Morgan fingerprint density at radius 2 is 2.00 bits per heavy atom. The molecular formula is C15H19ClO3. The molecule has 0 aliphatic heterocycles. The number of carbonyl (C=O) groups is 2. The molecular weight excluding hydrogens is 264 g/mol. The molecule has 0 bridgehead atoms. The zero-order valence-electron chi connectivity index (χ0n) is 11.5. The standard InChI is InChI=1S/C15H19ClO3/c1-4-19-15(18)13(14(17)10(2)3)9-11-6-5-7-12(16)8-11/h5-8,10,13H,4,9H2,1-3H3. The summed E-state index contributed by atoms with van der Waals surface area (Å²) >= 11 is 5.91. The van der Waals surface area contributed by atoms with Crippen molar-refractivity contribution in [1.82, 2.24) is 0 Å². The molecule has 3 nitrogen and oxygen atoms in total. The quantitative estimate of drug-likeness (QED) is 0.594. The number of benzene rings is 1. The summed E-state index contributed by atoms with van der Waals surface area (Å²) in [5.41, 5.74) is 0.861. The summed E-state index contributed by atoms with van der Waals surface area (Å²) in [7, 11) is 0. The van der Waals surface area contributed by atoms with Gasteiger partial charge in [0.1, 0.15) is 11.7 Å². The van der Waals surface area contributed by atoms with Crippen LogP contribution in [0.25, 0.3) is 0 Å². The molecule has 104 valence electrons. The minimum absolute atomic E-state index is 0.0987. The fraction of sp³-hybridized carbons (Fsp3) is 0.467. The molecule has 4 heteroatoms. The van der Waals surface area contributed by atoms with Crippen LogP contribution in [-0.4, -0.2) is 18.4 Å². The van der Waals surface area contributed by atoms with E-state index in [0.29, 0.717) is 11.4 Å². The van der Waals surface area contributed by atoms with E-state index in [1.807, 2.05) is 6.07 Å². The van der Waals surface area contributed by atoms with Crippen molar-refractivity contribution in [1.29, 1.82) is 0 Å². The highest BCUT2D eigenvalue weighted by Crippen LogP contribution is 2.18. The van der Waals surface area contributed by atoms with E-state index in [4.69, 9.17) is 16.3 Å². The van der Waals surface area contributed by atoms with Gasteiger partial charge in [-0.25, -0.2) is 0 Å². The topological polar surface area (TPSA) is 43.4 Å². The molecule has 0 heterocycles. The molecule has 0 amide bonds. The first-order valence-electron chi connectivity index (χ1n) is 6.40. The molecule has 0 N–H and O–H groups in total. The maximum atomic E-state index is 12.1. The second kappa shape index (κ2) is 7.29. The molecule has 19 heavy (non-hydrogen) atoms. The second-order valence-electron chi connectivity index (χ2n) is 4.70. The predicted octanol–water partition coefficient (Wildman–Crippen LogP) is 3.29. The zero-order valence-corrected chi connectivity index (χ0v) is 12.2. The number of Topliss-reactive ketones (excluding diaryl/α,β-unsaturated/α-hetero) is 1. The van der Waals surface area contributed by atoms with Gasteiger partial charge in [-0.3, -0.25) is 9.59 Å². The van der Waals surface area contributed by atoms with E-state index < -0.39 is 11.9 Å². The van der Waals surface area contributed by atoms with Crippen molar-refractivity contribution in [2.75, 3.05) is 6.61 Å². The summed E-state index contributed by atoms with van der Waals surface area (Å²) in [6.07, 6.45) is 0.330. The fourth-order valence-electron chi connectivity index (χ4n) is 1.84. The van der Waals surface area contributed by atoms with Crippen molar-refractivity contribution < 1.29 is 14.3 Å². The van der Waals surface area contributed by atoms with Gasteiger partial charge in [-0.1, -0.05) is 37.6 Å². The first-order valence-corrected chi connectivity index (χ1v) is 6.78. The van der Waals surface area contributed by atoms with Crippen LogP contribution in [0.5, 0.6) is 0 Å². The second-order valence-corrected chi connectivity index (χ2v) is 5.13. The molecule has 0 spiro atoms. The lowest BCUT2D eigenvalue weighted by Gasteiger charge is -2.16. The van der Waals surface area contributed by atoms with Gasteiger partial charge < -0.3 is 4.74 Å². The maximum Gasteiger partial charge on any atom is 0.316 e. The molecule has 1 atom stereocenters. The van der Waals surface area contributed by atoms with Gasteiger partial charge in [0.15, 0.2) is 0 Å². The summed E-state index contributed by atoms with van der Waals surface area (Å²) in [5.74, 6) is -1.51. The van der Waals surface area contributed by atoms with Crippen molar-refractivity contribution in [3.05, 3.63) is 34.9 Å². The van der Waals surface area contributed by atoms with Gasteiger partial charge >= 0.3 is 5.97 Å². The number of rotatable bonds is 6. The number of ether oxygens (including phenoxy) is 1. The van der Waals surface area contributed by atoms with Crippen molar-refractivity contribution in [3.8, 4) is 0 Å². The minimum atomic E-state index is -0.751. The third-order valence-electron chi connectivity index (χ3n) is 2.81. The minimum Gasteiger partial charge on any atom is -0.465 e. The molecule has 0 fully saturated rings. The van der Waals surface area contributed by atoms with Crippen molar-refractivity contribution in [3.63, 3.8) is 0 Å². The zero-order chi connectivity index (χ0) is 14.4. The monoisotopic (exact) mass is 282 g/mol. The Kier molecular flexibility index (Phi) is 6.03. The van der Waals surface area contributed by atoms with Crippen LogP contribution in [0.15, 0.2) is 24.3 Å². The summed E-state index contributed by atoms with van der Waals surface area (Å²) in [4.78, 5) is 24.0. The molecule has 0 radical (unpaired) electrons. The molecule has 0 aliphatic rings. The third kappa shape index (κ3) is 4.67. The maximum absolute atomic E-state index is 12.1. The van der Waals surface area contributed by atoms with Gasteiger partial charge in [0.2, 0.25) is 0 Å². The molecule has 0 saturated heterocycles. The smallest absolute Gasteiger partial charge is 0.316 e. The van der Waals surface area contributed by atoms with E-state index in [1.165, 1.54) is 0 Å². The van der Waals surface area contributed by atoms with Gasteiger partial charge in [0.25, 0.3) is 0 Å². The van der Waals surface area contributed by atoms with Crippen LogP contribution < -0.4 is 0 Å². The van der Waals surface area contributed by atoms with Crippen LogP contribution in [0.3, 0.4) is 0 Å². The summed E-state index contributed by atoms with van der Waals surface area (Å²) in [6, 6.07) is 7.18. The lowest BCUT2D eigenvalue weighted by atomic mass is 9.89. The Balaban J connectivity index is 2.91. The lowest BCUT2D eigenvalue weighted by Crippen LogP contribution is -2.31. The Morgan fingerprint density at radius 1 is 1.32 bits per heavy atom. The molecule has 1 aromatic carbocycles. The number of halogens is 1. The van der Waals surface area contributed by atoms with E-state index >= 15 is 0 Å². The highest BCUT2D eigenvalue weighted by atomic mass is 35.5. The van der Waals surface area contributed by atoms with Crippen LogP contribution in [0.4, 0.5) is 0 Å². The van der Waals surface area contributed by atoms with Gasteiger partial charge in [0, 0.05) is 10.9 Å². The third-order valence-corrected chi connectivity index (χ3v) is 3.05. The SMILES string of the molecule is CCOC(=O)C(Cc1cccc(Cl)c1)C(=O)C(C)C. The van der Waals surface area contributed by atoms with E-state index in [1.54, 1.807) is 39.0 Å². The molecule has 1 aromatic rings. The van der Waals surface area contributed by atoms with Gasteiger partial charge in [-0.2, -0.15) is 0 Å². The average Bonchev–Trinajstić information content (AvgIpc) is 2.35. The number of hydrogen-bond donors (Lipinski definition) is 0. The van der Waals surface area contributed by atoms with E-state index in [2.05, 4.69) is 0 Å². The normalized spacial score (nSPS) is 12.3. The Labute approximate surface area is 118 Å². The van der Waals surface area contributed by atoms with Crippen LogP contribution >= 0.6 is 11.6 Å². The molecule has 0 saturated carbocycles. The van der Waals surface area contributed by atoms with Crippen LogP contribution in [0, 0.1) is 11.8 Å².